The Balaban J connectivity index is 2.36. The van der Waals surface area contributed by atoms with Gasteiger partial charge in [0.05, 0.1) is 5.69 Å². The molecule has 0 spiro atoms. The van der Waals surface area contributed by atoms with Gasteiger partial charge < -0.3 is 4.90 Å². The van der Waals surface area contributed by atoms with Crippen molar-refractivity contribution in [1.82, 2.24) is 9.88 Å². The van der Waals surface area contributed by atoms with Crippen LogP contribution in [0.15, 0.2) is 30.5 Å². The lowest BCUT2D eigenvalue weighted by molar-refractivity contribution is 0.457. The van der Waals surface area contributed by atoms with Crippen LogP contribution in [0.3, 0.4) is 0 Å². The van der Waals surface area contributed by atoms with Crippen molar-refractivity contribution in [3.63, 3.8) is 0 Å². The highest BCUT2D eigenvalue weighted by molar-refractivity contribution is 5.93. The van der Waals surface area contributed by atoms with Crippen LogP contribution in [0.2, 0.25) is 0 Å². The van der Waals surface area contributed by atoms with Gasteiger partial charge in [-0.2, -0.15) is 0 Å². The largest absolute Gasteiger partial charge is 0.306 e. The molecule has 2 rings (SSSR count). The van der Waals surface area contributed by atoms with Gasteiger partial charge in [0.25, 0.3) is 0 Å². The zero-order chi connectivity index (χ0) is 11.5. The number of fused-ring (bicyclic) bond motifs is 1. The van der Waals surface area contributed by atoms with E-state index in [2.05, 4.69) is 49.1 Å². The minimum absolute atomic E-state index is 0.957. The van der Waals surface area contributed by atoms with Crippen molar-refractivity contribution in [1.29, 1.82) is 0 Å². The average molecular weight is 214 g/mol. The Kier molecular flexibility index (Phi) is 3.20. The Morgan fingerprint density at radius 3 is 2.88 bits per heavy atom. The summed E-state index contributed by atoms with van der Waals surface area (Å²) >= 11 is 0. The first-order chi connectivity index (χ1) is 7.72. The van der Waals surface area contributed by atoms with Crippen LogP contribution < -0.4 is 0 Å². The molecule has 0 amide bonds. The molecule has 0 radical (unpaired) electrons. The van der Waals surface area contributed by atoms with Crippen molar-refractivity contribution >= 4 is 11.1 Å². The molecular weight excluding hydrogens is 196 g/mol. The fourth-order valence-corrected chi connectivity index (χ4v) is 1.96. The number of allylic oxidation sites excluding steroid dienone is 3. The van der Waals surface area contributed by atoms with Crippen molar-refractivity contribution in [2.24, 2.45) is 0 Å². The highest BCUT2D eigenvalue weighted by Gasteiger charge is 2.17. The van der Waals surface area contributed by atoms with Crippen LogP contribution in [-0.4, -0.2) is 30.5 Å². The van der Waals surface area contributed by atoms with Gasteiger partial charge in [-0.15, -0.1) is 0 Å². The summed E-state index contributed by atoms with van der Waals surface area (Å²) in [6, 6.07) is 4.17. The first kappa shape index (κ1) is 11.1. The molecule has 2 heteroatoms. The molecule has 1 aliphatic carbocycles. The zero-order valence-electron chi connectivity index (χ0n) is 10.2. The van der Waals surface area contributed by atoms with E-state index in [-0.39, 0.29) is 0 Å². The van der Waals surface area contributed by atoms with Crippen molar-refractivity contribution in [3.05, 3.63) is 41.7 Å². The second-order valence-corrected chi connectivity index (χ2v) is 4.34. The maximum atomic E-state index is 4.48. The van der Waals surface area contributed by atoms with Gasteiger partial charge in [0, 0.05) is 18.3 Å². The molecular formula is C14H18N2. The van der Waals surface area contributed by atoms with E-state index >= 15 is 0 Å². The van der Waals surface area contributed by atoms with Gasteiger partial charge in [0.1, 0.15) is 0 Å². The number of rotatable bonds is 3. The monoisotopic (exact) mass is 214 g/mol. The van der Waals surface area contributed by atoms with Crippen LogP contribution >= 0.6 is 0 Å². The van der Waals surface area contributed by atoms with Gasteiger partial charge >= 0.3 is 0 Å². The molecule has 0 bridgehead atoms. The molecule has 84 valence electrons. The van der Waals surface area contributed by atoms with E-state index in [0.29, 0.717) is 0 Å². The Morgan fingerprint density at radius 2 is 2.19 bits per heavy atom. The lowest BCUT2D eigenvalue weighted by atomic mass is 10.1. The number of aromatic nitrogens is 1. The van der Waals surface area contributed by atoms with E-state index in [1.807, 2.05) is 12.3 Å². The van der Waals surface area contributed by atoms with Crippen LogP contribution in [-0.2, 0) is 0 Å². The summed E-state index contributed by atoms with van der Waals surface area (Å²) in [4.78, 5) is 6.64. The van der Waals surface area contributed by atoms with Gasteiger partial charge in [-0.05, 0) is 43.8 Å². The maximum absolute atomic E-state index is 4.48. The molecule has 0 saturated carbocycles. The first-order valence-electron chi connectivity index (χ1n) is 5.73. The molecule has 2 nitrogen and oxygen atoms in total. The first-order valence-corrected chi connectivity index (χ1v) is 5.73. The third kappa shape index (κ3) is 2.07. The molecule has 16 heavy (non-hydrogen) atoms. The summed E-state index contributed by atoms with van der Waals surface area (Å²) < 4.78 is 0. The third-order valence-electron chi connectivity index (χ3n) is 2.81. The van der Waals surface area contributed by atoms with Crippen LogP contribution in [0.1, 0.15) is 24.6 Å². The lowest BCUT2D eigenvalue weighted by Crippen LogP contribution is -2.10. The van der Waals surface area contributed by atoms with Gasteiger partial charge in [-0.25, -0.2) is 0 Å². The molecule has 0 fully saturated rings. The quantitative estimate of drug-likeness (QED) is 0.769. The predicted octanol–water partition coefficient (Wildman–Crippen LogP) is 2.83. The minimum atomic E-state index is 0.957. The van der Waals surface area contributed by atoms with Crippen LogP contribution in [0.4, 0.5) is 0 Å². The van der Waals surface area contributed by atoms with Crippen molar-refractivity contribution < 1.29 is 0 Å². The van der Waals surface area contributed by atoms with Crippen molar-refractivity contribution in [3.8, 4) is 0 Å². The number of hydrogen-bond donors (Lipinski definition) is 0. The highest BCUT2D eigenvalue weighted by Crippen LogP contribution is 2.34. The van der Waals surface area contributed by atoms with E-state index in [1.165, 1.54) is 16.7 Å². The summed E-state index contributed by atoms with van der Waals surface area (Å²) in [5.41, 5.74) is 5.10. The van der Waals surface area contributed by atoms with Crippen LogP contribution in [0.25, 0.3) is 11.1 Å². The van der Waals surface area contributed by atoms with E-state index < -0.39 is 0 Å². The molecule has 1 aromatic rings. The Morgan fingerprint density at radius 1 is 1.38 bits per heavy atom. The van der Waals surface area contributed by atoms with Gasteiger partial charge in [-0.3, -0.25) is 4.98 Å². The Hall–Kier alpha value is -1.41. The Labute approximate surface area is 97.3 Å². The molecule has 0 aliphatic heterocycles. The standard InChI is InChI=1S/C14H18N2/c1-4-11-10-12(7-9-16(2)3)14-13(11)6-5-8-15-14/h5-8,10H,4,9H2,1-3H3/b12-7+. The Bertz CT molecular complexity index is 442. The molecule has 0 atom stereocenters. The fraction of sp³-hybridized carbons (Fsp3) is 0.357. The summed E-state index contributed by atoms with van der Waals surface area (Å²) in [5, 5.41) is 0. The van der Waals surface area contributed by atoms with E-state index in [1.54, 1.807) is 0 Å². The second-order valence-electron chi connectivity index (χ2n) is 4.34. The minimum Gasteiger partial charge on any atom is -0.306 e. The fourth-order valence-electron chi connectivity index (χ4n) is 1.96. The normalized spacial score (nSPS) is 16.8. The lowest BCUT2D eigenvalue weighted by Gasteiger charge is -2.06. The number of likely N-dealkylation sites (N-methyl/N-ethyl adjacent to an activating group) is 1. The molecule has 0 saturated heterocycles. The van der Waals surface area contributed by atoms with Crippen LogP contribution in [0, 0.1) is 0 Å². The molecule has 1 aliphatic rings. The van der Waals surface area contributed by atoms with E-state index in [9.17, 15) is 0 Å². The smallest absolute Gasteiger partial charge is 0.0774 e. The highest BCUT2D eigenvalue weighted by atomic mass is 15.0. The number of nitrogens with zero attached hydrogens (tertiary/aromatic N) is 2. The number of pyridine rings is 1. The van der Waals surface area contributed by atoms with Crippen molar-refractivity contribution in [2.45, 2.75) is 13.3 Å². The van der Waals surface area contributed by atoms with Crippen LogP contribution in [0.5, 0.6) is 0 Å². The molecule has 0 N–H and O–H groups in total. The maximum Gasteiger partial charge on any atom is 0.0774 e. The SMILES string of the molecule is CCC1=C/C(=C\CN(C)C)c2ncccc21. The zero-order valence-corrected chi connectivity index (χ0v) is 10.2. The molecule has 0 unspecified atom stereocenters. The topological polar surface area (TPSA) is 16.1 Å². The summed E-state index contributed by atoms with van der Waals surface area (Å²) in [5.74, 6) is 0. The third-order valence-corrected chi connectivity index (χ3v) is 2.81. The van der Waals surface area contributed by atoms with Crippen molar-refractivity contribution in [2.75, 3.05) is 20.6 Å². The van der Waals surface area contributed by atoms with Gasteiger partial charge in [-0.1, -0.05) is 19.1 Å². The van der Waals surface area contributed by atoms with Gasteiger partial charge in [0.2, 0.25) is 0 Å². The molecule has 0 aromatic carbocycles. The second kappa shape index (κ2) is 4.62. The molecule has 1 heterocycles. The molecule has 1 aromatic heterocycles. The summed E-state index contributed by atoms with van der Waals surface area (Å²) in [6.07, 6.45) is 7.45. The van der Waals surface area contributed by atoms with E-state index in [0.717, 1.165) is 18.7 Å². The number of hydrogen-bond acceptors (Lipinski definition) is 2. The van der Waals surface area contributed by atoms with E-state index in [4.69, 9.17) is 0 Å². The summed E-state index contributed by atoms with van der Waals surface area (Å²) in [6.45, 7) is 3.15. The average Bonchev–Trinajstić information content (AvgIpc) is 2.65. The summed E-state index contributed by atoms with van der Waals surface area (Å²) in [7, 11) is 4.16. The van der Waals surface area contributed by atoms with Gasteiger partial charge in [0.15, 0.2) is 0 Å². The predicted molar refractivity (Wildman–Crippen MR) is 69.0 cm³/mol.